The number of hydrogen-bond donors (Lipinski definition) is 1. The van der Waals surface area contributed by atoms with E-state index in [0.29, 0.717) is 5.56 Å². The molecule has 1 unspecified atom stereocenters. The van der Waals surface area contributed by atoms with Gasteiger partial charge in [-0.05, 0) is 17.0 Å². The lowest BCUT2D eigenvalue weighted by Crippen LogP contribution is -2.35. The van der Waals surface area contributed by atoms with E-state index in [1.807, 2.05) is 35.7 Å². The van der Waals surface area contributed by atoms with E-state index in [1.54, 1.807) is 23.5 Å². The molecule has 0 spiro atoms. The number of rotatable bonds is 6. The highest BCUT2D eigenvalue weighted by molar-refractivity contribution is 8.01. The number of esters is 1. The van der Waals surface area contributed by atoms with Gasteiger partial charge in [-0.1, -0.05) is 36.4 Å². The Balaban J connectivity index is 1.98. The van der Waals surface area contributed by atoms with Crippen LogP contribution in [0.25, 0.3) is 0 Å². The Kier molecular flexibility index (Phi) is 5.83. The van der Waals surface area contributed by atoms with Crippen LogP contribution in [0.1, 0.15) is 11.6 Å². The second-order valence-corrected chi connectivity index (χ2v) is 6.38. The number of carbonyl (C=O) groups is 2. The summed E-state index contributed by atoms with van der Waals surface area (Å²) in [6.07, 6.45) is 0. The zero-order valence-corrected chi connectivity index (χ0v) is 13.1. The minimum Gasteiger partial charge on any atom is -0.467 e. The SMILES string of the molecule is COC(=O)C(NC(=O)CSc1cccs1)c1ccccc1. The number of amides is 1. The smallest absolute Gasteiger partial charge is 0.333 e. The van der Waals surface area contributed by atoms with Crippen molar-refractivity contribution in [2.75, 3.05) is 12.9 Å². The van der Waals surface area contributed by atoms with Crippen molar-refractivity contribution in [3.63, 3.8) is 0 Å². The lowest BCUT2D eigenvalue weighted by molar-refractivity contribution is -0.145. The van der Waals surface area contributed by atoms with Crippen LogP contribution in [0.4, 0.5) is 0 Å². The lowest BCUT2D eigenvalue weighted by Gasteiger charge is -2.16. The summed E-state index contributed by atoms with van der Waals surface area (Å²) in [7, 11) is 1.31. The van der Waals surface area contributed by atoms with Crippen molar-refractivity contribution in [2.24, 2.45) is 0 Å². The van der Waals surface area contributed by atoms with Gasteiger partial charge in [0.2, 0.25) is 5.91 Å². The first-order valence-corrected chi connectivity index (χ1v) is 8.15. The van der Waals surface area contributed by atoms with E-state index in [1.165, 1.54) is 18.9 Å². The second-order valence-electron chi connectivity index (χ2n) is 4.16. The van der Waals surface area contributed by atoms with E-state index in [-0.39, 0.29) is 11.7 Å². The monoisotopic (exact) mass is 321 g/mol. The molecule has 1 atom stereocenters. The molecule has 0 aliphatic carbocycles. The molecule has 0 aliphatic rings. The van der Waals surface area contributed by atoms with Crippen molar-refractivity contribution in [1.82, 2.24) is 5.32 Å². The first kappa shape index (κ1) is 15.6. The summed E-state index contributed by atoms with van der Waals surface area (Å²) in [5.74, 6) is -0.413. The molecule has 1 N–H and O–H groups in total. The van der Waals surface area contributed by atoms with E-state index in [4.69, 9.17) is 4.74 Å². The highest BCUT2D eigenvalue weighted by atomic mass is 32.2. The molecular weight excluding hydrogens is 306 g/mol. The molecule has 1 amide bonds. The van der Waals surface area contributed by atoms with Crippen LogP contribution >= 0.6 is 23.1 Å². The van der Waals surface area contributed by atoms with Gasteiger partial charge in [0.15, 0.2) is 6.04 Å². The average Bonchev–Trinajstić information content (AvgIpc) is 3.04. The van der Waals surface area contributed by atoms with Crippen molar-refractivity contribution < 1.29 is 14.3 Å². The third-order valence-corrected chi connectivity index (χ3v) is 4.85. The summed E-state index contributed by atoms with van der Waals surface area (Å²) >= 11 is 3.03. The maximum absolute atomic E-state index is 12.0. The number of methoxy groups -OCH3 is 1. The second kappa shape index (κ2) is 7.85. The molecule has 4 nitrogen and oxygen atoms in total. The van der Waals surface area contributed by atoms with Gasteiger partial charge in [0.25, 0.3) is 0 Å². The molecule has 2 rings (SSSR count). The van der Waals surface area contributed by atoms with Crippen LogP contribution < -0.4 is 5.32 Å². The van der Waals surface area contributed by atoms with Crippen LogP contribution in [0, 0.1) is 0 Å². The zero-order valence-electron chi connectivity index (χ0n) is 11.4. The summed E-state index contributed by atoms with van der Waals surface area (Å²) in [6, 6.07) is 12.2. The number of hydrogen-bond acceptors (Lipinski definition) is 5. The van der Waals surface area contributed by atoms with Gasteiger partial charge in [0.1, 0.15) is 0 Å². The number of benzene rings is 1. The average molecular weight is 321 g/mol. The molecule has 0 saturated heterocycles. The van der Waals surface area contributed by atoms with Gasteiger partial charge < -0.3 is 10.1 Å². The van der Waals surface area contributed by atoms with Crippen molar-refractivity contribution in [3.8, 4) is 0 Å². The molecule has 2 aromatic rings. The summed E-state index contributed by atoms with van der Waals surface area (Å²) in [5.41, 5.74) is 0.707. The van der Waals surface area contributed by atoms with Gasteiger partial charge in [-0.2, -0.15) is 0 Å². The van der Waals surface area contributed by atoms with E-state index >= 15 is 0 Å². The Morgan fingerprint density at radius 1 is 1.24 bits per heavy atom. The Bertz CT molecular complexity index is 584. The maximum atomic E-state index is 12.0. The van der Waals surface area contributed by atoms with Crippen LogP contribution in [0.5, 0.6) is 0 Å². The molecule has 0 fully saturated rings. The van der Waals surface area contributed by atoms with Gasteiger partial charge >= 0.3 is 5.97 Å². The van der Waals surface area contributed by atoms with Crippen molar-refractivity contribution in [3.05, 3.63) is 53.4 Å². The fraction of sp³-hybridized carbons (Fsp3) is 0.200. The molecular formula is C15H15NO3S2. The highest BCUT2D eigenvalue weighted by Crippen LogP contribution is 2.23. The zero-order chi connectivity index (χ0) is 15.1. The van der Waals surface area contributed by atoms with Crippen LogP contribution in [0.3, 0.4) is 0 Å². The minimum atomic E-state index is -0.771. The Morgan fingerprint density at radius 2 is 2.00 bits per heavy atom. The quantitative estimate of drug-likeness (QED) is 0.656. The fourth-order valence-corrected chi connectivity index (χ4v) is 3.32. The minimum absolute atomic E-state index is 0.201. The van der Waals surface area contributed by atoms with Crippen molar-refractivity contribution >= 4 is 35.0 Å². The Labute approximate surface area is 131 Å². The molecule has 0 aliphatic heterocycles. The molecule has 1 heterocycles. The van der Waals surface area contributed by atoms with Gasteiger partial charge in [-0.25, -0.2) is 4.79 Å². The third kappa shape index (κ3) is 4.61. The maximum Gasteiger partial charge on any atom is 0.333 e. The molecule has 110 valence electrons. The molecule has 0 radical (unpaired) electrons. The topological polar surface area (TPSA) is 55.4 Å². The number of thioether (sulfide) groups is 1. The van der Waals surface area contributed by atoms with E-state index < -0.39 is 12.0 Å². The number of ether oxygens (including phenoxy) is 1. The Morgan fingerprint density at radius 3 is 2.62 bits per heavy atom. The van der Waals surface area contributed by atoms with Crippen molar-refractivity contribution in [1.29, 1.82) is 0 Å². The third-order valence-electron chi connectivity index (χ3n) is 2.72. The van der Waals surface area contributed by atoms with Crippen molar-refractivity contribution in [2.45, 2.75) is 10.3 Å². The molecule has 1 aromatic carbocycles. The van der Waals surface area contributed by atoms with Gasteiger partial charge in [-0.15, -0.1) is 23.1 Å². The lowest BCUT2D eigenvalue weighted by atomic mass is 10.1. The largest absolute Gasteiger partial charge is 0.467 e. The van der Waals surface area contributed by atoms with Crippen LogP contribution in [-0.2, 0) is 14.3 Å². The summed E-state index contributed by atoms with van der Waals surface area (Å²) in [6.45, 7) is 0. The summed E-state index contributed by atoms with van der Waals surface area (Å²) in [5, 5.41) is 4.68. The van der Waals surface area contributed by atoms with Crippen LogP contribution in [0.2, 0.25) is 0 Å². The number of nitrogens with one attached hydrogen (secondary N) is 1. The summed E-state index contributed by atoms with van der Waals surface area (Å²) < 4.78 is 5.83. The Hall–Kier alpha value is -1.79. The van der Waals surface area contributed by atoms with E-state index in [9.17, 15) is 9.59 Å². The van der Waals surface area contributed by atoms with Gasteiger partial charge in [0.05, 0.1) is 17.1 Å². The number of carbonyl (C=O) groups excluding carboxylic acids is 2. The predicted octanol–water partition coefficient (Wildman–Crippen LogP) is 2.87. The fourth-order valence-electron chi connectivity index (χ4n) is 1.73. The predicted molar refractivity (Wildman–Crippen MR) is 84.4 cm³/mol. The molecule has 21 heavy (non-hydrogen) atoms. The first-order chi connectivity index (χ1) is 10.2. The van der Waals surface area contributed by atoms with Crippen LogP contribution in [0.15, 0.2) is 52.1 Å². The standard InChI is InChI=1S/C15H15NO3S2/c1-19-15(18)14(11-6-3-2-4-7-11)16-12(17)10-21-13-8-5-9-20-13/h2-9,14H,10H2,1H3,(H,16,17). The highest BCUT2D eigenvalue weighted by Gasteiger charge is 2.23. The summed E-state index contributed by atoms with van der Waals surface area (Å²) in [4.78, 5) is 23.8. The normalized spacial score (nSPS) is 11.7. The molecule has 1 aromatic heterocycles. The van der Waals surface area contributed by atoms with Crippen LogP contribution in [-0.4, -0.2) is 24.7 Å². The number of thiophene rings is 1. The first-order valence-electron chi connectivity index (χ1n) is 6.29. The molecule has 6 heteroatoms. The molecule has 0 bridgehead atoms. The van der Waals surface area contributed by atoms with E-state index in [0.717, 1.165) is 4.21 Å². The van der Waals surface area contributed by atoms with E-state index in [2.05, 4.69) is 5.32 Å². The van der Waals surface area contributed by atoms with Gasteiger partial charge in [0, 0.05) is 0 Å². The van der Waals surface area contributed by atoms with Gasteiger partial charge in [-0.3, -0.25) is 4.79 Å². The molecule has 0 saturated carbocycles.